The highest BCUT2D eigenvalue weighted by Gasteiger charge is 2.07. The van der Waals surface area contributed by atoms with Crippen molar-refractivity contribution in [1.29, 1.82) is 0 Å². The van der Waals surface area contributed by atoms with Crippen LogP contribution in [0.15, 0.2) is 42.5 Å². The van der Waals surface area contributed by atoms with E-state index in [-0.39, 0.29) is 12.5 Å². The number of carbonyl (C=O) groups excluding carboxylic acids is 1. The van der Waals surface area contributed by atoms with Gasteiger partial charge in [-0.3, -0.25) is 4.79 Å². The Morgan fingerprint density at radius 3 is 2.43 bits per heavy atom. The van der Waals surface area contributed by atoms with Gasteiger partial charge in [0.2, 0.25) is 0 Å². The zero-order valence-electron chi connectivity index (χ0n) is 12.5. The van der Waals surface area contributed by atoms with E-state index in [1.165, 1.54) is 5.56 Å². The second-order valence-corrected chi connectivity index (χ2v) is 4.79. The molecule has 0 aliphatic carbocycles. The number of benzene rings is 2. The molecule has 4 heteroatoms. The molecule has 0 aliphatic rings. The standard InChI is InChI=1S/C17H19NO3/c1-12-8-9-14(10-13(12)2)18-17(19)11-21-16-7-5-4-6-15(16)20-3/h4-10H,11H2,1-3H3,(H,18,19). The van der Waals surface area contributed by atoms with E-state index in [2.05, 4.69) is 5.32 Å². The van der Waals surface area contributed by atoms with Gasteiger partial charge in [-0.25, -0.2) is 0 Å². The molecule has 0 aliphatic heterocycles. The van der Waals surface area contributed by atoms with Crippen LogP contribution in [0.25, 0.3) is 0 Å². The second-order valence-electron chi connectivity index (χ2n) is 4.79. The predicted molar refractivity (Wildman–Crippen MR) is 83.0 cm³/mol. The molecule has 1 amide bonds. The number of hydrogen-bond donors (Lipinski definition) is 1. The van der Waals surface area contributed by atoms with E-state index in [4.69, 9.17) is 9.47 Å². The van der Waals surface area contributed by atoms with Gasteiger partial charge in [0.25, 0.3) is 5.91 Å². The summed E-state index contributed by atoms with van der Waals surface area (Å²) in [5, 5.41) is 2.81. The average molecular weight is 285 g/mol. The van der Waals surface area contributed by atoms with E-state index < -0.39 is 0 Å². The van der Waals surface area contributed by atoms with Gasteiger partial charge in [-0.1, -0.05) is 18.2 Å². The van der Waals surface area contributed by atoms with Crippen LogP contribution in [0, 0.1) is 13.8 Å². The first-order valence-electron chi connectivity index (χ1n) is 6.73. The molecule has 2 rings (SSSR count). The minimum atomic E-state index is -0.204. The average Bonchev–Trinajstić information content (AvgIpc) is 2.49. The number of methoxy groups -OCH3 is 1. The third kappa shape index (κ3) is 3.99. The molecule has 0 heterocycles. The van der Waals surface area contributed by atoms with E-state index in [1.54, 1.807) is 19.2 Å². The van der Waals surface area contributed by atoms with E-state index in [0.29, 0.717) is 11.5 Å². The normalized spacial score (nSPS) is 10.0. The Balaban J connectivity index is 1.94. The van der Waals surface area contributed by atoms with Crippen LogP contribution >= 0.6 is 0 Å². The minimum absolute atomic E-state index is 0.0622. The van der Waals surface area contributed by atoms with Crippen molar-refractivity contribution in [2.75, 3.05) is 19.0 Å². The number of nitrogens with one attached hydrogen (secondary N) is 1. The molecule has 2 aromatic carbocycles. The van der Waals surface area contributed by atoms with Crippen molar-refractivity contribution < 1.29 is 14.3 Å². The number of hydrogen-bond acceptors (Lipinski definition) is 3. The lowest BCUT2D eigenvalue weighted by molar-refractivity contribution is -0.118. The van der Waals surface area contributed by atoms with Gasteiger partial charge in [0, 0.05) is 5.69 Å². The van der Waals surface area contributed by atoms with E-state index >= 15 is 0 Å². The van der Waals surface area contributed by atoms with Crippen molar-refractivity contribution in [3.8, 4) is 11.5 Å². The van der Waals surface area contributed by atoms with Crippen LogP contribution in [0.3, 0.4) is 0 Å². The fourth-order valence-electron chi connectivity index (χ4n) is 1.90. The predicted octanol–water partition coefficient (Wildman–Crippen LogP) is 3.33. The maximum atomic E-state index is 11.9. The first-order valence-corrected chi connectivity index (χ1v) is 6.73. The Morgan fingerprint density at radius 1 is 1.05 bits per heavy atom. The third-order valence-corrected chi connectivity index (χ3v) is 3.22. The van der Waals surface area contributed by atoms with Crippen LogP contribution in [0.2, 0.25) is 0 Å². The molecule has 0 saturated heterocycles. The van der Waals surface area contributed by atoms with Crippen molar-refractivity contribution in [3.63, 3.8) is 0 Å². The van der Waals surface area contributed by atoms with Gasteiger partial charge < -0.3 is 14.8 Å². The third-order valence-electron chi connectivity index (χ3n) is 3.22. The lowest BCUT2D eigenvalue weighted by Crippen LogP contribution is -2.20. The summed E-state index contributed by atoms with van der Waals surface area (Å²) in [6, 6.07) is 13.0. The zero-order chi connectivity index (χ0) is 15.2. The molecule has 0 aromatic heterocycles. The van der Waals surface area contributed by atoms with Gasteiger partial charge in [0.15, 0.2) is 18.1 Å². The minimum Gasteiger partial charge on any atom is -0.493 e. The van der Waals surface area contributed by atoms with Crippen LogP contribution in [0.4, 0.5) is 5.69 Å². The Labute approximate surface area is 124 Å². The van der Waals surface area contributed by atoms with Gasteiger partial charge in [-0.05, 0) is 49.2 Å². The van der Waals surface area contributed by atoms with Gasteiger partial charge in [-0.2, -0.15) is 0 Å². The number of anilines is 1. The molecule has 110 valence electrons. The summed E-state index contributed by atoms with van der Waals surface area (Å²) in [5.74, 6) is 0.955. The maximum Gasteiger partial charge on any atom is 0.262 e. The zero-order valence-corrected chi connectivity index (χ0v) is 12.5. The van der Waals surface area contributed by atoms with Gasteiger partial charge >= 0.3 is 0 Å². The summed E-state index contributed by atoms with van der Waals surface area (Å²) in [6.07, 6.45) is 0. The molecule has 2 aromatic rings. The van der Waals surface area contributed by atoms with Crippen LogP contribution in [0.1, 0.15) is 11.1 Å². The van der Waals surface area contributed by atoms with Crippen molar-refractivity contribution in [1.82, 2.24) is 0 Å². The molecule has 0 radical (unpaired) electrons. The van der Waals surface area contributed by atoms with Gasteiger partial charge in [-0.15, -0.1) is 0 Å². The van der Waals surface area contributed by atoms with Gasteiger partial charge in [0.1, 0.15) is 0 Å². The maximum absolute atomic E-state index is 11.9. The summed E-state index contributed by atoms with van der Waals surface area (Å²) in [4.78, 5) is 11.9. The summed E-state index contributed by atoms with van der Waals surface area (Å²) >= 11 is 0. The van der Waals surface area contributed by atoms with E-state index in [0.717, 1.165) is 11.3 Å². The molecular formula is C17H19NO3. The van der Waals surface area contributed by atoms with E-state index in [9.17, 15) is 4.79 Å². The summed E-state index contributed by atoms with van der Waals surface area (Å²) < 4.78 is 10.6. The largest absolute Gasteiger partial charge is 0.493 e. The molecule has 0 bridgehead atoms. The first-order chi connectivity index (χ1) is 10.1. The molecule has 0 fully saturated rings. The summed E-state index contributed by atoms with van der Waals surface area (Å²) in [7, 11) is 1.57. The Kier molecular flexibility index (Phi) is 4.82. The Morgan fingerprint density at radius 2 is 1.76 bits per heavy atom. The fraction of sp³-hybridized carbons (Fsp3) is 0.235. The molecule has 21 heavy (non-hydrogen) atoms. The van der Waals surface area contributed by atoms with Crippen molar-refractivity contribution in [2.24, 2.45) is 0 Å². The molecule has 0 spiro atoms. The SMILES string of the molecule is COc1ccccc1OCC(=O)Nc1ccc(C)c(C)c1. The van der Waals surface area contributed by atoms with Crippen LogP contribution in [0.5, 0.6) is 11.5 Å². The monoisotopic (exact) mass is 285 g/mol. The molecule has 0 atom stereocenters. The lowest BCUT2D eigenvalue weighted by Gasteiger charge is -2.11. The van der Waals surface area contributed by atoms with Crippen LogP contribution in [-0.2, 0) is 4.79 Å². The number of para-hydroxylation sites is 2. The smallest absolute Gasteiger partial charge is 0.262 e. The summed E-state index contributed by atoms with van der Waals surface area (Å²) in [5.41, 5.74) is 3.10. The second kappa shape index (κ2) is 6.79. The van der Waals surface area contributed by atoms with Crippen molar-refractivity contribution in [3.05, 3.63) is 53.6 Å². The number of carbonyl (C=O) groups is 1. The van der Waals surface area contributed by atoms with E-state index in [1.807, 2.05) is 44.2 Å². The fourth-order valence-corrected chi connectivity index (χ4v) is 1.90. The number of ether oxygens (including phenoxy) is 2. The quantitative estimate of drug-likeness (QED) is 0.916. The van der Waals surface area contributed by atoms with Gasteiger partial charge in [0.05, 0.1) is 7.11 Å². The number of aryl methyl sites for hydroxylation is 2. The van der Waals surface area contributed by atoms with Crippen LogP contribution in [-0.4, -0.2) is 19.6 Å². The van der Waals surface area contributed by atoms with Crippen molar-refractivity contribution >= 4 is 11.6 Å². The Hall–Kier alpha value is -2.49. The lowest BCUT2D eigenvalue weighted by atomic mass is 10.1. The van der Waals surface area contributed by atoms with Crippen molar-refractivity contribution in [2.45, 2.75) is 13.8 Å². The molecule has 0 unspecified atom stereocenters. The Bertz CT molecular complexity index is 638. The molecular weight excluding hydrogens is 266 g/mol. The highest BCUT2D eigenvalue weighted by molar-refractivity contribution is 5.92. The highest BCUT2D eigenvalue weighted by Crippen LogP contribution is 2.25. The highest BCUT2D eigenvalue weighted by atomic mass is 16.5. The summed E-state index contributed by atoms with van der Waals surface area (Å²) in [6.45, 7) is 3.98. The number of amides is 1. The first kappa shape index (κ1) is 14.9. The van der Waals surface area contributed by atoms with Crippen LogP contribution < -0.4 is 14.8 Å². The molecule has 0 saturated carbocycles. The topological polar surface area (TPSA) is 47.6 Å². The molecule has 4 nitrogen and oxygen atoms in total. The molecule has 1 N–H and O–H groups in total. The number of rotatable bonds is 5.